The first kappa shape index (κ1) is 19.2. The van der Waals surface area contributed by atoms with Crippen molar-refractivity contribution in [2.75, 3.05) is 52.5 Å². The Hall–Kier alpha value is -0.120. The fourth-order valence-corrected chi connectivity index (χ4v) is 3.87. The van der Waals surface area contributed by atoms with Crippen LogP contribution in [0.3, 0.4) is 0 Å². The topological polar surface area (TPSA) is 63.3 Å². The van der Waals surface area contributed by atoms with Crippen molar-refractivity contribution in [2.24, 2.45) is 10.7 Å². The molecule has 6 nitrogen and oxygen atoms in total. The van der Waals surface area contributed by atoms with E-state index in [-0.39, 0.29) is 35.6 Å². The van der Waals surface area contributed by atoms with Crippen molar-refractivity contribution in [3.8, 4) is 0 Å². The van der Waals surface area contributed by atoms with Crippen LogP contribution in [0.2, 0.25) is 0 Å². The van der Waals surface area contributed by atoms with Crippen LogP contribution in [0.5, 0.6) is 0 Å². The molecule has 134 valence electrons. The highest BCUT2D eigenvalue weighted by Gasteiger charge is 2.39. The smallest absolute Gasteiger partial charge is 0.191 e. The maximum atomic E-state index is 6.26. The van der Waals surface area contributed by atoms with Gasteiger partial charge in [-0.3, -0.25) is 9.89 Å². The summed E-state index contributed by atoms with van der Waals surface area (Å²) in [5.41, 5.74) is 6.42. The summed E-state index contributed by atoms with van der Waals surface area (Å²) in [5.74, 6) is 0.681. The van der Waals surface area contributed by atoms with Gasteiger partial charge in [0, 0.05) is 31.8 Å². The summed E-state index contributed by atoms with van der Waals surface area (Å²) < 4.78 is 11.2. The molecule has 0 radical (unpaired) electrons. The Morgan fingerprint density at radius 1 is 1.17 bits per heavy atom. The molecule has 0 aliphatic carbocycles. The van der Waals surface area contributed by atoms with Gasteiger partial charge in [0.1, 0.15) is 0 Å². The van der Waals surface area contributed by atoms with Crippen molar-refractivity contribution in [1.82, 2.24) is 9.80 Å². The van der Waals surface area contributed by atoms with E-state index in [1.165, 1.54) is 25.9 Å². The summed E-state index contributed by atoms with van der Waals surface area (Å²) in [4.78, 5) is 9.58. The molecule has 1 unspecified atom stereocenters. The van der Waals surface area contributed by atoms with Crippen LogP contribution < -0.4 is 5.73 Å². The number of nitrogens with zero attached hydrogens (tertiary/aromatic N) is 3. The predicted octanol–water partition coefficient (Wildman–Crippen LogP) is 1.28. The van der Waals surface area contributed by atoms with Crippen LogP contribution in [-0.4, -0.2) is 79.9 Å². The Morgan fingerprint density at radius 2 is 1.87 bits per heavy atom. The lowest BCUT2D eigenvalue weighted by Crippen LogP contribution is -2.54. The van der Waals surface area contributed by atoms with Crippen molar-refractivity contribution in [2.45, 2.75) is 44.2 Å². The first-order valence-electron chi connectivity index (χ1n) is 8.69. The van der Waals surface area contributed by atoms with Gasteiger partial charge in [0.25, 0.3) is 0 Å². The number of morpholine rings is 1. The molecule has 3 aliphatic heterocycles. The monoisotopic (exact) mass is 438 g/mol. The van der Waals surface area contributed by atoms with E-state index in [2.05, 4.69) is 16.7 Å². The zero-order chi connectivity index (χ0) is 15.4. The van der Waals surface area contributed by atoms with E-state index in [1.807, 2.05) is 0 Å². The summed E-state index contributed by atoms with van der Waals surface area (Å²) in [7, 11) is 0. The minimum atomic E-state index is 0. The fourth-order valence-electron chi connectivity index (χ4n) is 3.87. The lowest BCUT2D eigenvalue weighted by molar-refractivity contribution is -0.0144. The fraction of sp³-hybridized carbons (Fsp3) is 0.938. The van der Waals surface area contributed by atoms with Crippen LogP contribution in [0, 0.1) is 0 Å². The van der Waals surface area contributed by atoms with Crippen molar-refractivity contribution in [3.63, 3.8) is 0 Å². The van der Waals surface area contributed by atoms with Crippen molar-refractivity contribution in [1.29, 1.82) is 0 Å². The summed E-state index contributed by atoms with van der Waals surface area (Å²) in [6, 6.07) is 0. The number of hydrogen-bond donors (Lipinski definition) is 1. The largest absolute Gasteiger partial charge is 0.381 e. The third-order valence-corrected chi connectivity index (χ3v) is 5.30. The lowest BCUT2D eigenvalue weighted by atomic mass is 9.88. The predicted molar refractivity (Wildman–Crippen MR) is 102 cm³/mol. The van der Waals surface area contributed by atoms with Crippen LogP contribution in [0.25, 0.3) is 0 Å². The molecule has 3 aliphatic rings. The third-order valence-electron chi connectivity index (χ3n) is 5.30. The van der Waals surface area contributed by atoms with Crippen LogP contribution in [-0.2, 0) is 9.47 Å². The Balaban J connectivity index is 0.00000192. The number of likely N-dealkylation sites (tertiary alicyclic amines) is 1. The molecular formula is C16H31IN4O2. The van der Waals surface area contributed by atoms with Gasteiger partial charge in [-0.2, -0.15) is 0 Å². The van der Waals surface area contributed by atoms with E-state index in [0.717, 1.165) is 52.3 Å². The van der Waals surface area contributed by atoms with Crippen LogP contribution in [0.4, 0.5) is 0 Å². The molecule has 3 saturated heterocycles. The van der Waals surface area contributed by atoms with Gasteiger partial charge in [0.05, 0.1) is 19.3 Å². The van der Waals surface area contributed by atoms with Gasteiger partial charge in [-0.15, -0.1) is 24.0 Å². The summed E-state index contributed by atoms with van der Waals surface area (Å²) in [6.07, 6.45) is 5.00. The average Bonchev–Trinajstić information content (AvgIpc) is 3.09. The van der Waals surface area contributed by atoms with Gasteiger partial charge < -0.3 is 20.1 Å². The Kier molecular flexibility index (Phi) is 7.37. The maximum absolute atomic E-state index is 6.26. The lowest BCUT2D eigenvalue weighted by Gasteiger charge is -2.44. The number of guanidine groups is 1. The number of nitrogens with two attached hydrogens (primary N) is 1. The molecular weight excluding hydrogens is 407 g/mol. The van der Waals surface area contributed by atoms with Crippen LogP contribution in [0.1, 0.15) is 32.6 Å². The average molecular weight is 438 g/mol. The number of ether oxygens (including phenoxy) is 2. The first-order valence-corrected chi connectivity index (χ1v) is 8.69. The molecule has 1 atom stereocenters. The van der Waals surface area contributed by atoms with Gasteiger partial charge >= 0.3 is 0 Å². The highest BCUT2D eigenvalue weighted by atomic mass is 127. The molecule has 3 heterocycles. The molecule has 23 heavy (non-hydrogen) atoms. The molecule has 7 heteroatoms. The maximum Gasteiger partial charge on any atom is 0.191 e. The number of aliphatic imine (C=N–C) groups is 1. The SMILES string of the molecule is CC1CN(C(N)=NCC2(N3CCCC3)CCOCC2)CCO1.I. The van der Waals surface area contributed by atoms with Gasteiger partial charge in [0.2, 0.25) is 0 Å². The van der Waals surface area contributed by atoms with Gasteiger partial charge in [-0.1, -0.05) is 0 Å². The third kappa shape index (κ3) is 4.70. The Bertz CT molecular complexity index is 396. The molecule has 0 bridgehead atoms. The second-order valence-corrected chi connectivity index (χ2v) is 6.83. The van der Waals surface area contributed by atoms with Gasteiger partial charge in [0.15, 0.2) is 5.96 Å². The quantitative estimate of drug-likeness (QED) is 0.409. The van der Waals surface area contributed by atoms with E-state index in [4.69, 9.17) is 20.2 Å². The normalized spacial score (nSPS) is 29.3. The molecule has 0 aromatic carbocycles. The second kappa shape index (κ2) is 8.82. The van der Waals surface area contributed by atoms with E-state index in [9.17, 15) is 0 Å². The zero-order valence-electron chi connectivity index (χ0n) is 14.2. The summed E-state index contributed by atoms with van der Waals surface area (Å²) >= 11 is 0. The molecule has 0 aromatic rings. The minimum absolute atomic E-state index is 0. The van der Waals surface area contributed by atoms with E-state index < -0.39 is 0 Å². The van der Waals surface area contributed by atoms with Crippen molar-refractivity contribution < 1.29 is 9.47 Å². The molecule has 0 spiro atoms. The number of rotatable bonds is 3. The zero-order valence-corrected chi connectivity index (χ0v) is 16.5. The van der Waals surface area contributed by atoms with Gasteiger partial charge in [-0.25, -0.2) is 0 Å². The van der Waals surface area contributed by atoms with Crippen LogP contribution >= 0.6 is 24.0 Å². The number of halogens is 1. The van der Waals surface area contributed by atoms with E-state index >= 15 is 0 Å². The molecule has 2 N–H and O–H groups in total. The van der Waals surface area contributed by atoms with E-state index in [1.54, 1.807) is 0 Å². The molecule has 0 aromatic heterocycles. The van der Waals surface area contributed by atoms with Gasteiger partial charge in [-0.05, 0) is 45.7 Å². The van der Waals surface area contributed by atoms with Crippen molar-refractivity contribution in [3.05, 3.63) is 0 Å². The van der Waals surface area contributed by atoms with Crippen LogP contribution in [0.15, 0.2) is 4.99 Å². The highest BCUT2D eigenvalue weighted by molar-refractivity contribution is 14.0. The minimum Gasteiger partial charge on any atom is -0.381 e. The summed E-state index contributed by atoms with van der Waals surface area (Å²) in [6.45, 7) is 9.41. The summed E-state index contributed by atoms with van der Waals surface area (Å²) in [5, 5.41) is 0. The van der Waals surface area contributed by atoms with Crippen molar-refractivity contribution >= 4 is 29.9 Å². The number of hydrogen-bond acceptors (Lipinski definition) is 4. The standard InChI is InChI=1S/C16H30N4O2.HI/c1-14-12-19(8-11-22-14)15(17)18-13-16(4-9-21-10-5-16)20-6-2-3-7-20;/h14H,2-13H2,1H3,(H2,17,18);1H. The molecule has 3 fully saturated rings. The first-order chi connectivity index (χ1) is 10.7. The Labute approximate surface area is 156 Å². The molecule has 0 saturated carbocycles. The highest BCUT2D eigenvalue weighted by Crippen LogP contribution is 2.31. The molecule has 3 rings (SSSR count). The Morgan fingerprint density at radius 3 is 2.52 bits per heavy atom. The molecule has 0 amide bonds. The second-order valence-electron chi connectivity index (χ2n) is 6.83. The van der Waals surface area contributed by atoms with E-state index in [0.29, 0.717) is 5.96 Å².